The zero-order chi connectivity index (χ0) is 9.26. The van der Waals surface area contributed by atoms with Gasteiger partial charge in [0.15, 0.2) is 0 Å². The Morgan fingerprint density at radius 1 is 1.62 bits per heavy atom. The van der Waals surface area contributed by atoms with Gasteiger partial charge in [-0.2, -0.15) is 5.06 Å². The van der Waals surface area contributed by atoms with E-state index >= 15 is 0 Å². The zero-order valence-electron chi connectivity index (χ0n) is 7.27. The van der Waals surface area contributed by atoms with Gasteiger partial charge < -0.3 is 9.62 Å². The van der Waals surface area contributed by atoms with Crippen LogP contribution in [0.4, 0.5) is 0 Å². The first-order chi connectivity index (χ1) is 6.27. The van der Waals surface area contributed by atoms with Crippen LogP contribution in [-0.4, -0.2) is 22.3 Å². The Balaban J connectivity index is 2.46. The third-order valence-electron chi connectivity index (χ3n) is 1.83. The summed E-state index contributed by atoms with van der Waals surface area (Å²) >= 11 is 0. The van der Waals surface area contributed by atoms with Crippen molar-refractivity contribution in [2.24, 2.45) is 0 Å². The van der Waals surface area contributed by atoms with E-state index in [1.807, 2.05) is 12.1 Å². The quantitative estimate of drug-likeness (QED) is 0.710. The van der Waals surface area contributed by atoms with Gasteiger partial charge in [0, 0.05) is 24.2 Å². The minimum atomic E-state index is 0.443. The van der Waals surface area contributed by atoms with Crippen LogP contribution in [0.25, 0.3) is 11.1 Å². The minimum absolute atomic E-state index is 0.443. The van der Waals surface area contributed by atoms with Gasteiger partial charge in [-0.15, -0.1) is 0 Å². The predicted octanol–water partition coefficient (Wildman–Crippen LogP) is 1.65. The summed E-state index contributed by atoms with van der Waals surface area (Å²) in [6.45, 7) is 0.443. The van der Waals surface area contributed by atoms with Crippen LogP contribution >= 0.6 is 0 Å². The topological polar surface area (TPSA) is 49.5 Å². The molecule has 2 rings (SSSR count). The van der Waals surface area contributed by atoms with E-state index in [1.54, 1.807) is 19.5 Å². The third-order valence-corrected chi connectivity index (χ3v) is 1.83. The maximum atomic E-state index is 9.05. The first-order valence-corrected chi connectivity index (χ1v) is 3.98. The highest BCUT2D eigenvalue weighted by atomic mass is 16.5. The fourth-order valence-corrected chi connectivity index (χ4v) is 1.29. The molecule has 2 aromatic heterocycles. The summed E-state index contributed by atoms with van der Waals surface area (Å²) in [7, 11) is 1.59. The van der Waals surface area contributed by atoms with Crippen molar-refractivity contribution in [3.8, 4) is 0 Å². The molecule has 0 unspecified atom stereocenters. The Morgan fingerprint density at radius 2 is 2.46 bits per heavy atom. The molecule has 4 heteroatoms. The lowest BCUT2D eigenvalue weighted by Crippen LogP contribution is -2.10. The van der Waals surface area contributed by atoms with Crippen LogP contribution < -0.4 is 0 Å². The molecule has 0 radical (unpaired) electrons. The summed E-state index contributed by atoms with van der Waals surface area (Å²) in [5.74, 6) is 0. The molecule has 68 valence electrons. The first kappa shape index (κ1) is 8.22. The number of pyridine rings is 1. The summed E-state index contributed by atoms with van der Waals surface area (Å²) in [6, 6.07) is 3.77. The number of rotatable bonds is 2. The average molecular weight is 178 g/mol. The van der Waals surface area contributed by atoms with Gasteiger partial charge in [-0.3, -0.25) is 0 Å². The van der Waals surface area contributed by atoms with Crippen molar-refractivity contribution in [1.82, 2.24) is 10.0 Å². The molecule has 1 N–H and O–H groups in total. The van der Waals surface area contributed by atoms with Crippen LogP contribution in [0.5, 0.6) is 0 Å². The van der Waals surface area contributed by atoms with Crippen molar-refractivity contribution in [3.63, 3.8) is 0 Å². The maximum absolute atomic E-state index is 9.05. The predicted molar refractivity (Wildman–Crippen MR) is 47.3 cm³/mol. The Hall–Kier alpha value is -1.39. The van der Waals surface area contributed by atoms with Gasteiger partial charge in [-0.05, 0) is 12.1 Å². The van der Waals surface area contributed by atoms with E-state index in [-0.39, 0.29) is 0 Å². The number of hydroxylamine groups is 2. The van der Waals surface area contributed by atoms with Crippen molar-refractivity contribution in [2.75, 3.05) is 7.05 Å². The van der Waals surface area contributed by atoms with Gasteiger partial charge in [-0.25, -0.2) is 4.98 Å². The normalized spacial score (nSPS) is 11.3. The van der Waals surface area contributed by atoms with Crippen molar-refractivity contribution < 1.29 is 9.62 Å². The number of nitrogens with zero attached hydrogens (tertiary/aromatic N) is 2. The highest BCUT2D eigenvalue weighted by Crippen LogP contribution is 2.19. The third kappa shape index (κ3) is 1.54. The molecule has 2 aromatic rings. The fourth-order valence-electron chi connectivity index (χ4n) is 1.29. The second-order valence-corrected chi connectivity index (χ2v) is 2.93. The molecule has 0 amide bonds. The maximum Gasteiger partial charge on any atom is 0.226 e. The van der Waals surface area contributed by atoms with E-state index in [9.17, 15) is 0 Å². The standard InChI is InChI=1S/C9H10N2O2/c1-11(12)5-7-6-13-9-8(7)3-2-4-10-9/h2-4,6,12H,5H2,1H3. The molecule has 0 aromatic carbocycles. The van der Waals surface area contributed by atoms with Crippen molar-refractivity contribution in [2.45, 2.75) is 6.54 Å². The molecule has 0 aliphatic rings. The molecule has 0 bridgehead atoms. The summed E-state index contributed by atoms with van der Waals surface area (Å²) in [4.78, 5) is 4.04. The molecule has 0 aliphatic carbocycles. The molecule has 0 fully saturated rings. The van der Waals surface area contributed by atoms with Gasteiger partial charge in [0.05, 0.1) is 12.8 Å². The Bertz CT molecular complexity index is 409. The molecule has 13 heavy (non-hydrogen) atoms. The molecule has 0 atom stereocenters. The van der Waals surface area contributed by atoms with E-state index in [1.165, 1.54) is 0 Å². The summed E-state index contributed by atoms with van der Waals surface area (Å²) < 4.78 is 5.20. The number of fused-ring (bicyclic) bond motifs is 1. The second kappa shape index (κ2) is 3.16. The molecule has 0 saturated carbocycles. The van der Waals surface area contributed by atoms with Crippen LogP contribution in [0.2, 0.25) is 0 Å². The molecular formula is C9H10N2O2. The van der Waals surface area contributed by atoms with E-state index in [2.05, 4.69) is 4.98 Å². The van der Waals surface area contributed by atoms with Crippen LogP contribution in [0.1, 0.15) is 5.56 Å². The SMILES string of the molecule is CN(O)Cc1coc2ncccc12. The van der Waals surface area contributed by atoms with Gasteiger partial charge >= 0.3 is 0 Å². The highest BCUT2D eigenvalue weighted by Gasteiger charge is 2.06. The van der Waals surface area contributed by atoms with E-state index in [0.717, 1.165) is 16.0 Å². The van der Waals surface area contributed by atoms with Crippen LogP contribution in [0.3, 0.4) is 0 Å². The van der Waals surface area contributed by atoms with E-state index < -0.39 is 0 Å². The van der Waals surface area contributed by atoms with E-state index in [0.29, 0.717) is 12.3 Å². The van der Waals surface area contributed by atoms with Gasteiger partial charge in [0.1, 0.15) is 0 Å². The fraction of sp³-hybridized carbons (Fsp3) is 0.222. The van der Waals surface area contributed by atoms with Gasteiger partial charge in [-0.1, -0.05) is 0 Å². The molecule has 0 spiro atoms. The highest BCUT2D eigenvalue weighted by molar-refractivity contribution is 5.77. The monoisotopic (exact) mass is 178 g/mol. The first-order valence-electron chi connectivity index (χ1n) is 3.98. The molecule has 2 heterocycles. The number of hydrogen-bond acceptors (Lipinski definition) is 4. The average Bonchev–Trinajstić information content (AvgIpc) is 2.48. The zero-order valence-corrected chi connectivity index (χ0v) is 7.27. The largest absolute Gasteiger partial charge is 0.446 e. The van der Waals surface area contributed by atoms with Gasteiger partial charge in [0.2, 0.25) is 5.71 Å². The number of furan rings is 1. The van der Waals surface area contributed by atoms with Crippen LogP contribution in [-0.2, 0) is 6.54 Å². The van der Waals surface area contributed by atoms with Crippen molar-refractivity contribution in [1.29, 1.82) is 0 Å². The smallest absolute Gasteiger partial charge is 0.226 e. The van der Waals surface area contributed by atoms with Gasteiger partial charge in [0.25, 0.3) is 0 Å². The second-order valence-electron chi connectivity index (χ2n) is 2.93. The lowest BCUT2D eigenvalue weighted by molar-refractivity contribution is -0.0729. The van der Waals surface area contributed by atoms with Crippen LogP contribution in [0.15, 0.2) is 29.0 Å². The minimum Gasteiger partial charge on any atom is -0.446 e. The Kier molecular flexibility index (Phi) is 2.00. The summed E-state index contributed by atoms with van der Waals surface area (Å²) in [6.07, 6.45) is 3.29. The molecule has 0 saturated heterocycles. The summed E-state index contributed by atoms with van der Waals surface area (Å²) in [5.41, 5.74) is 1.55. The molecular weight excluding hydrogens is 168 g/mol. The summed E-state index contributed by atoms with van der Waals surface area (Å²) in [5, 5.41) is 11.1. The Morgan fingerprint density at radius 3 is 3.23 bits per heavy atom. The lowest BCUT2D eigenvalue weighted by Gasteiger charge is -2.04. The molecule has 0 aliphatic heterocycles. The number of aromatic nitrogens is 1. The van der Waals surface area contributed by atoms with E-state index in [4.69, 9.17) is 9.62 Å². The Labute approximate surface area is 75.4 Å². The lowest BCUT2D eigenvalue weighted by atomic mass is 10.2. The van der Waals surface area contributed by atoms with Crippen molar-refractivity contribution >= 4 is 11.1 Å². The number of hydrogen-bond donors (Lipinski definition) is 1. The van der Waals surface area contributed by atoms with Crippen LogP contribution in [0, 0.1) is 0 Å². The van der Waals surface area contributed by atoms with Crippen molar-refractivity contribution in [3.05, 3.63) is 30.2 Å². The molecule has 4 nitrogen and oxygen atoms in total.